The van der Waals surface area contributed by atoms with Gasteiger partial charge in [-0.05, 0) is 38.7 Å². The van der Waals surface area contributed by atoms with Gasteiger partial charge in [-0.3, -0.25) is 9.59 Å². The number of cyclic esters (lactones) is 1. The van der Waals surface area contributed by atoms with Gasteiger partial charge < -0.3 is 19.7 Å². The van der Waals surface area contributed by atoms with Crippen molar-refractivity contribution in [2.75, 3.05) is 0 Å². The maximum absolute atomic E-state index is 15.3. The number of Topliss-reactive ketones (excluding diaryl/α,β-unsaturated/α-hetero) is 1. The van der Waals surface area contributed by atoms with Crippen LogP contribution < -0.4 is 0 Å². The molecule has 7 nitrogen and oxygen atoms in total. The van der Waals surface area contributed by atoms with Crippen LogP contribution in [0.2, 0.25) is 0 Å². The van der Waals surface area contributed by atoms with E-state index < -0.39 is 59.2 Å². The van der Waals surface area contributed by atoms with Crippen LogP contribution in [0.1, 0.15) is 76.9 Å². The summed E-state index contributed by atoms with van der Waals surface area (Å²) in [6.45, 7) is 8.65. The number of aliphatic hydroxyl groups excluding tert-OH is 2. The molecule has 1 aromatic rings. The molecule has 9 heteroatoms. The molecule has 0 saturated carbocycles. The quantitative estimate of drug-likeness (QED) is 0.336. The summed E-state index contributed by atoms with van der Waals surface area (Å²) < 4.78 is 26.7. The fraction of sp³-hybridized carbons (Fsp3) is 0.679. The summed E-state index contributed by atoms with van der Waals surface area (Å²) in [5.74, 6) is -0.557. The summed E-state index contributed by atoms with van der Waals surface area (Å²) in [5.41, 5.74) is -1.46. The number of rotatable bonds is 3. The van der Waals surface area contributed by atoms with Crippen LogP contribution in [0, 0.1) is 36.5 Å². The number of ether oxygens (including phenoxy) is 2. The lowest BCUT2D eigenvalue weighted by Gasteiger charge is -2.35. The van der Waals surface area contributed by atoms with E-state index in [1.165, 1.54) is 31.3 Å². The Hall–Kier alpha value is -2.12. The van der Waals surface area contributed by atoms with Crippen molar-refractivity contribution in [3.8, 4) is 12.3 Å². The van der Waals surface area contributed by atoms with E-state index in [2.05, 4.69) is 10.9 Å². The Morgan fingerprint density at radius 1 is 1.35 bits per heavy atom. The van der Waals surface area contributed by atoms with Gasteiger partial charge in [0, 0.05) is 18.2 Å². The number of aromatic nitrogens is 1. The summed E-state index contributed by atoms with van der Waals surface area (Å²) in [6.07, 6.45) is 4.46. The number of aliphatic hydroxyl groups is 2. The van der Waals surface area contributed by atoms with Crippen molar-refractivity contribution in [2.45, 2.75) is 103 Å². The molecule has 0 bridgehead atoms. The standard InChI is InChI=1S/C28H38FNO6S/c1-7-9-19-25(33)16(2)10-8-11-28(6)23(36-28)13-21(20(29)12-18-15-37-17(3)30-18)35-24(32)14-22(31)27(4,5)26(19)34/h1,12,15-16,19,21-23,25,31,33H,8-11,13-14H2,2-6H3/t16-,19+,21-,22-,23+,25-,28-/m0/s1. The van der Waals surface area contributed by atoms with Crippen LogP contribution in [0.25, 0.3) is 6.08 Å². The summed E-state index contributed by atoms with van der Waals surface area (Å²) in [5, 5.41) is 24.4. The Morgan fingerprint density at radius 2 is 2.05 bits per heavy atom. The zero-order valence-corrected chi connectivity index (χ0v) is 23.0. The molecule has 0 amide bonds. The number of hydrogen-bond acceptors (Lipinski definition) is 8. The predicted octanol–water partition coefficient (Wildman–Crippen LogP) is 4.39. The fourth-order valence-electron chi connectivity index (χ4n) is 5.00. The van der Waals surface area contributed by atoms with Gasteiger partial charge in [-0.15, -0.1) is 23.7 Å². The maximum atomic E-state index is 15.3. The van der Waals surface area contributed by atoms with Gasteiger partial charge in [0.1, 0.15) is 11.6 Å². The van der Waals surface area contributed by atoms with Crippen LogP contribution in [0.15, 0.2) is 11.2 Å². The molecule has 0 aromatic carbocycles. The van der Waals surface area contributed by atoms with Crippen LogP contribution in [0.3, 0.4) is 0 Å². The number of hydrogen-bond donors (Lipinski definition) is 2. The van der Waals surface area contributed by atoms with Crippen LogP contribution in [0.4, 0.5) is 4.39 Å². The third-order valence-corrected chi connectivity index (χ3v) is 8.59. The first-order chi connectivity index (χ1) is 17.3. The first kappa shape index (κ1) is 29.4. The highest BCUT2D eigenvalue weighted by Crippen LogP contribution is 2.45. The Bertz CT molecular complexity index is 1060. The van der Waals surface area contributed by atoms with E-state index in [0.29, 0.717) is 18.5 Å². The van der Waals surface area contributed by atoms with E-state index >= 15 is 4.39 Å². The largest absolute Gasteiger partial charge is 0.455 e. The zero-order chi connectivity index (χ0) is 27.5. The van der Waals surface area contributed by atoms with Crippen molar-refractivity contribution >= 4 is 29.2 Å². The molecule has 1 aromatic heterocycles. The molecule has 2 fully saturated rings. The third-order valence-electron chi connectivity index (χ3n) is 7.80. The molecule has 0 unspecified atom stereocenters. The minimum atomic E-state index is -1.42. The Balaban J connectivity index is 1.89. The van der Waals surface area contributed by atoms with E-state index in [-0.39, 0.29) is 24.9 Å². The topological polar surface area (TPSA) is 109 Å². The Morgan fingerprint density at radius 3 is 2.68 bits per heavy atom. The molecule has 2 aliphatic heterocycles. The molecule has 7 atom stereocenters. The summed E-state index contributed by atoms with van der Waals surface area (Å²) >= 11 is 1.38. The lowest BCUT2D eigenvalue weighted by molar-refractivity contribution is -0.155. The van der Waals surface area contributed by atoms with E-state index in [4.69, 9.17) is 15.9 Å². The van der Waals surface area contributed by atoms with Gasteiger partial charge >= 0.3 is 5.97 Å². The number of ketones is 1. The molecule has 0 radical (unpaired) electrons. The van der Waals surface area contributed by atoms with E-state index in [0.717, 1.165) is 11.4 Å². The van der Waals surface area contributed by atoms with Gasteiger partial charge in [-0.2, -0.15) is 0 Å². The maximum Gasteiger partial charge on any atom is 0.309 e. The van der Waals surface area contributed by atoms with E-state index in [9.17, 15) is 19.8 Å². The third kappa shape index (κ3) is 7.05. The predicted molar refractivity (Wildman–Crippen MR) is 139 cm³/mol. The fourth-order valence-corrected chi connectivity index (χ4v) is 5.57. The lowest BCUT2D eigenvalue weighted by atomic mass is 9.71. The highest BCUT2D eigenvalue weighted by atomic mass is 32.1. The molecule has 3 rings (SSSR count). The number of fused-ring (bicyclic) bond motifs is 1. The molecular formula is C28H38FNO6S. The number of epoxide rings is 1. The zero-order valence-electron chi connectivity index (χ0n) is 22.2. The van der Waals surface area contributed by atoms with Crippen LogP contribution in [-0.4, -0.2) is 57.0 Å². The van der Waals surface area contributed by atoms with Gasteiger partial charge in [-0.25, -0.2) is 9.37 Å². The summed E-state index contributed by atoms with van der Waals surface area (Å²) in [7, 11) is 0. The highest BCUT2D eigenvalue weighted by Gasteiger charge is 2.53. The van der Waals surface area contributed by atoms with Crippen molar-refractivity contribution in [1.82, 2.24) is 4.98 Å². The average molecular weight is 536 g/mol. The van der Waals surface area contributed by atoms with Crippen LogP contribution in [-0.2, 0) is 19.1 Å². The second-order valence-electron chi connectivity index (χ2n) is 11.1. The normalized spacial score (nSPS) is 35.8. The number of terminal acetylenes is 1. The van der Waals surface area contributed by atoms with Gasteiger partial charge in [0.05, 0.1) is 52.4 Å². The summed E-state index contributed by atoms with van der Waals surface area (Å²) in [6, 6.07) is 0. The number of aryl methyl sites for hydroxylation is 1. The van der Waals surface area contributed by atoms with Gasteiger partial charge in [0.25, 0.3) is 0 Å². The van der Waals surface area contributed by atoms with Crippen molar-refractivity contribution in [3.63, 3.8) is 0 Å². The number of thiazole rings is 1. The van der Waals surface area contributed by atoms with Gasteiger partial charge in [0.2, 0.25) is 0 Å². The van der Waals surface area contributed by atoms with Crippen LogP contribution >= 0.6 is 11.3 Å². The number of carbonyl (C=O) groups excluding carboxylic acids is 2. The van der Waals surface area contributed by atoms with Gasteiger partial charge in [-0.1, -0.05) is 27.2 Å². The van der Waals surface area contributed by atoms with Crippen molar-refractivity contribution in [1.29, 1.82) is 0 Å². The smallest absolute Gasteiger partial charge is 0.309 e. The molecule has 0 spiro atoms. The highest BCUT2D eigenvalue weighted by molar-refractivity contribution is 7.09. The van der Waals surface area contributed by atoms with Crippen molar-refractivity contribution in [2.24, 2.45) is 17.3 Å². The number of carbonyl (C=O) groups is 2. The SMILES string of the molecule is C#CC[C@H]1C(=O)C(C)(C)[C@@H](O)CC(=O)O[C@H](C(F)=Cc2csc(C)n2)C[C@H]2O[C@@]2(C)CCC[C@H](C)[C@@H]1O. The Kier molecular flexibility index (Phi) is 9.33. The monoisotopic (exact) mass is 535 g/mol. The first-order valence-electron chi connectivity index (χ1n) is 12.8. The summed E-state index contributed by atoms with van der Waals surface area (Å²) in [4.78, 5) is 30.5. The van der Waals surface area contributed by atoms with Crippen molar-refractivity contribution < 1.29 is 33.7 Å². The Labute approximate surface area is 222 Å². The van der Waals surface area contributed by atoms with E-state index in [1.54, 1.807) is 5.38 Å². The second kappa shape index (κ2) is 11.7. The molecule has 2 N–H and O–H groups in total. The second-order valence-corrected chi connectivity index (χ2v) is 12.2. The van der Waals surface area contributed by atoms with Crippen molar-refractivity contribution in [3.05, 3.63) is 21.9 Å². The molecule has 204 valence electrons. The molecular weight excluding hydrogens is 497 g/mol. The number of esters is 1. The molecule has 37 heavy (non-hydrogen) atoms. The molecule has 2 aliphatic rings. The first-order valence-corrected chi connectivity index (χ1v) is 13.7. The number of halogens is 1. The number of nitrogens with zero attached hydrogens (tertiary/aromatic N) is 1. The minimum absolute atomic E-state index is 0.0159. The molecule has 0 aliphatic carbocycles. The minimum Gasteiger partial charge on any atom is -0.455 e. The van der Waals surface area contributed by atoms with Gasteiger partial charge in [0.15, 0.2) is 6.10 Å². The van der Waals surface area contributed by atoms with Crippen LogP contribution in [0.5, 0.6) is 0 Å². The average Bonchev–Trinajstić information content (AvgIpc) is 3.27. The van der Waals surface area contributed by atoms with E-state index in [1.807, 2.05) is 20.8 Å². The lowest BCUT2D eigenvalue weighted by Crippen LogP contribution is -2.46. The molecule has 2 saturated heterocycles. The molecule has 3 heterocycles.